The predicted molar refractivity (Wildman–Crippen MR) is 57.8 cm³/mol. The molecule has 0 fully saturated rings. The minimum Gasteiger partial charge on any atom is -0.219 e. The van der Waals surface area contributed by atoms with E-state index in [0.29, 0.717) is 0 Å². The maximum atomic E-state index is 5.78. The van der Waals surface area contributed by atoms with Crippen LogP contribution in [-0.4, -0.2) is 11.5 Å². The third kappa shape index (κ3) is 3.79. The molecule has 0 bridgehead atoms. The van der Waals surface area contributed by atoms with Crippen LogP contribution < -0.4 is 0 Å². The molecule has 0 amide bonds. The first-order chi connectivity index (χ1) is 6.22. The van der Waals surface area contributed by atoms with E-state index >= 15 is 0 Å². The fourth-order valence-corrected chi connectivity index (χ4v) is 1.56. The van der Waals surface area contributed by atoms with Crippen molar-refractivity contribution in [1.82, 2.24) is 4.42 Å². The van der Waals surface area contributed by atoms with Crippen molar-refractivity contribution in [3.8, 4) is 0 Å². The third-order valence-electron chi connectivity index (χ3n) is 1.93. The van der Waals surface area contributed by atoms with Crippen molar-refractivity contribution in [1.29, 1.82) is 0 Å². The van der Waals surface area contributed by atoms with E-state index in [4.69, 9.17) is 11.8 Å². The van der Waals surface area contributed by atoms with Gasteiger partial charge >= 0.3 is 0 Å². The monoisotopic (exact) mass is 197 g/mol. The molecule has 1 nitrogen and oxygen atoms in total. The minimum atomic E-state index is 0.805. The van der Waals surface area contributed by atoms with Crippen LogP contribution in [0.25, 0.3) is 0 Å². The van der Waals surface area contributed by atoms with Crippen LogP contribution in [0, 0.1) is 0 Å². The van der Waals surface area contributed by atoms with Crippen LogP contribution in [0.1, 0.15) is 24.5 Å². The first-order valence-corrected chi connectivity index (χ1v) is 5.01. The lowest BCUT2D eigenvalue weighted by Gasteiger charge is -2.08. The fraction of sp³-hybridized carbons (Fsp3) is 0.455. The molecule has 13 heavy (non-hydrogen) atoms. The van der Waals surface area contributed by atoms with Crippen LogP contribution in [0.3, 0.4) is 0 Å². The molecule has 0 N–H and O–H groups in total. The Hall–Kier alpha value is -0.530. The molecule has 0 radical (unpaired) electrons. The van der Waals surface area contributed by atoms with Gasteiger partial charge < -0.3 is 0 Å². The highest BCUT2D eigenvalue weighted by atomic mass is 35.5. The molecular formula is C11H16ClN. The molecule has 0 aliphatic carbocycles. The summed E-state index contributed by atoms with van der Waals surface area (Å²) < 4.78 is 1.67. The van der Waals surface area contributed by atoms with Crippen LogP contribution in [0.15, 0.2) is 24.3 Å². The third-order valence-corrected chi connectivity index (χ3v) is 2.05. The topological polar surface area (TPSA) is 3.24 Å². The van der Waals surface area contributed by atoms with Crippen molar-refractivity contribution < 1.29 is 0 Å². The van der Waals surface area contributed by atoms with Crippen molar-refractivity contribution in [3.05, 3.63) is 35.4 Å². The van der Waals surface area contributed by atoms with Crippen molar-refractivity contribution in [3.63, 3.8) is 0 Å². The maximum absolute atomic E-state index is 5.78. The average molecular weight is 198 g/mol. The normalized spacial score (nSPS) is 10.8. The summed E-state index contributed by atoms with van der Waals surface area (Å²) in [6.07, 6.45) is 2.35. The SMILES string of the molecule is CCCc1cccc(CN(C)Cl)c1. The average Bonchev–Trinajstić information content (AvgIpc) is 2.04. The highest BCUT2D eigenvalue weighted by molar-refractivity contribution is 6.13. The molecule has 0 aliphatic rings. The Bertz CT molecular complexity index is 258. The van der Waals surface area contributed by atoms with Gasteiger partial charge in [-0.15, -0.1) is 0 Å². The number of hydrogen-bond acceptors (Lipinski definition) is 1. The van der Waals surface area contributed by atoms with Gasteiger partial charge in [-0.2, -0.15) is 0 Å². The second kappa shape index (κ2) is 5.25. The molecular weight excluding hydrogens is 182 g/mol. The molecule has 1 aromatic rings. The highest BCUT2D eigenvalue weighted by Gasteiger charge is 1.97. The van der Waals surface area contributed by atoms with Gasteiger partial charge in [0.15, 0.2) is 0 Å². The maximum Gasteiger partial charge on any atom is 0.0386 e. The van der Waals surface area contributed by atoms with Crippen LogP contribution in [-0.2, 0) is 13.0 Å². The van der Waals surface area contributed by atoms with E-state index in [0.717, 1.165) is 13.0 Å². The summed E-state index contributed by atoms with van der Waals surface area (Å²) in [5.41, 5.74) is 2.68. The van der Waals surface area contributed by atoms with E-state index < -0.39 is 0 Å². The van der Waals surface area contributed by atoms with Crippen LogP contribution >= 0.6 is 11.8 Å². The zero-order valence-corrected chi connectivity index (χ0v) is 9.01. The minimum absolute atomic E-state index is 0.805. The number of halogens is 1. The van der Waals surface area contributed by atoms with Crippen LogP contribution in [0.4, 0.5) is 0 Å². The Morgan fingerprint density at radius 3 is 2.62 bits per heavy atom. The number of rotatable bonds is 4. The summed E-state index contributed by atoms with van der Waals surface area (Å²) in [5.74, 6) is 0. The van der Waals surface area contributed by atoms with Crippen molar-refractivity contribution in [2.24, 2.45) is 0 Å². The Kier molecular flexibility index (Phi) is 4.26. The Labute approximate surface area is 85.4 Å². The van der Waals surface area contributed by atoms with Crippen molar-refractivity contribution in [2.75, 3.05) is 7.05 Å². The lowest BCUT2D eigenvalue weighted by atomic mass is 10.1. The fourth-order valence-electron chi connectivity index (χ4n) is 1.42. The molecule has 0 unspecified atom stereocenters. The summed E-state index contributed by atoms with van der Waals surface area (Å²) in [7, 11) is 1.87. The molecule has 1 rings (SSSR count). The number of nitrogens with zero attached hydrogens (tertiary/aromatic N) is 1. The van der Waals surface area contributed by atoms with E-state index in [1.165, 1.54) is 17.5 Å². The Morgan fingerprint density at radius 1 is 1.31 bits per heavy atom. The van der Waals surface area contributed by atoms with E-state index in [9.17, 15) is 0 Å². The lowest BCUT2D eigenvalue weighted by molar-refractivity contribution is 0.545. The van der Waals surface area contributed by atoms with Crippen LogP contribution in [0.2, 0.25) is 0 Å². The smallest absolute Gasteiger partial charge is 0.0386 e. The van der Waals surface area contributed by atoms with E-state index in [1.807, 2.05) is 7.05 Å². The van der Waals surface area contributed by atoms with E-state index in [1.54, 1.807) is 4.42 Å². The molecule has 0 heterocycles. The standard InChI is InChI=1S/C11H16ClN/c1-3-5-10-6-4-7-11(8-10)9-13(2)12/h4,6-8H,3,5,9H2,1-2H3. The zero-order chi connectivity index (χ0) is 9.68. The molecule has 0 saturated heterocycles. The molecule has 1 aromatic carbocycles. The largest absolute Gasteiger partial charge is 0.219 e. The van der Waals surface area contributed by atoms with Gasteiger partial charge in [0, 0.05) is 13.6 Å². The lowest BCUT2D eigenvalue weighted by Crippen LogP contribution is -2.04. The first-order valence-electron chi connectivity index (χ1n) is 4.67. The highest BCUT2D eigenvalue weighted by Crippen LogP contribution is 2.10. The molecule has 0 aromatic heterocycles. The second-order valence-electron chi connectivity index (χ2n) is 3.33. The predicted octanol–water partition coefficient (Wildman–Crippen LogP) is 3.22. The number of benzene rings is 1. The molecule has 0 spiro atoms. The van der Waals surface area contributed by atoms with E-state index in [2.05, 4.69) is 31.2 Å². The van der Waals surface area contributed by atoms with Gasteiger partial charge in [-0.05, 0) is 29.3 Å². The zero-order valence-electron chi connectivity index (χ0n) is 8.26. The summed E-state index contributed by atoms with van der Waals surface area (Å²) in [6.45, 7) is 3.00. The molecule has 2 heteroatoms. The van der Waals surface area contributed by atoms with Gasteiger partial charge in [-0.3, -0.25) is 0 Å². The summed E-state index contributed by atoms with van der Waals surface area (Å²) in [4.78, 5) is 0. The van der Waals surface area contributed by atoms with Crippen molar-refractivity contribution >= 4 is 11.8 Å². The quantitative estimate of drug-likeness (QED) is 0.670. The molecule has 72 valence electrons. The number of hydrogen-bond donors (Lipinski definition) is 0. The molecule has 0 saturated carbocycles. The molecule has 0 atom stereocenters. The van der Waals surface area contributed by atoms with Gasteiger partial charge in [0.25, 0.3) is 0 Å². The second-order valence-corrected chi connectivity index (χ2v) is 3.91. The first kappa shape index (κ1) is 10.6. The van der Waals surface area contributed by atoms with Crippen molar-refractivity contribution in [2.45, 2.75) is 26.3 Å². The van der Waals surface area contributed by atoms with Gasteiger partial charge in [0.05, 0.1) is 0 Å². The Morgan fingerprint density at radius 2 is 2.00 bits per heavy atom. The van der Waals surface area contributed by atoms with Gasteiger partial charge in [0.1, 0.15) is 0 Å². The van der Waals surface area contributed by atoms with Gasteiger partial charge in [0.2, 0.25) is 0 Å². The summed E-state index contributed by atoms with van der Waals surface area (Å²) >= 11 is 5.78. The van der Waals surface area contributed by atoms with Gasteiger partial charge in [-0.25, -0.2) is 4.42 Å². The number of aryl methyl sites for hydroxylation is 1. The summed E-state index contributed by atoms with van der Waals surface area (Å²) in [5, 5.41) is 0. The Balaban J connectivity index is 2.67. The van der Waals surface area contributed by atoms with E-state index in [-0.39, 0.29) is 0 Å². The van der Waals surface area contributed by atoms with Gasteiger partial charge in [-0.1, -0.05) is 37.6 Å². The summed E-state index contributed by atoms with van der Waals surface area (Å²) in [6, 6.07) is 8.60. The molecule has 0 aliphatic heterocycles. The van der Waals surface area contributed by atoms with Crippen LogP contribution in [0.5, 0.6) is 0 Å².